The molecule has 0 amide bonds. The first-order valence-electron chi connectivity index (χ1n) is 6.86. The second-order valence-electron chi connectivity index (χ2n) is 5.01. The van der Waals surface area contributed by atoms with Crippen LogP contribution in [0.1, 0.15) is 41.6 Å². The fraction of sp³-hybridized carbons (Fsp3) is 0.375. The lowest BCUT2D eigenvalue weighted by Crippen LogP contribution is -2.23. The van der Waals surface area contributed by atoms with Gasteiger partial charge in [0.25, 0.3) is 0 Å². The maximum absolute atomic E-state index is 12.7. The van der Waals surface area contributed by atoms with Crippen molar-refractivity contribution in [2.24, 2.45) is 0 Å². The Morgan fingerprint density at radius 2 is 2.00 bits per heavy atom. The van der Waals surface area contributed by atoms with E-state index in [9.17, 15) is 13.2 Å². The Labute approximate surface area is 122 Å². The molecule has 1 heterocycles. The molecule has 2 aromatic rings. The summed E-state index contributed by atoms with van der Waals surface area (Å²) in [6, 6.07) is 5.52. The van der Waals surface area contributed by atoms with E-state index >= 15 is 0 Å². The quantitative estimate of drug-likeness (QED) is 0.865. The molecule has 1 N–H and O–H groups in total. The van der Waals surface area contributed by atoms with Crippen LogP contribution in [-0.4, -0.2) is 6.54 Å². The van der Waals surface area contributed by atoms with E-state index in [1.165, 1.54) is 6.07 Å². The van der Waals surface area contributed by atoms with Crippen LogP contribution in [0, 0.1) is 6.92 Å². The Bertz CT molecular complexity index is 576. The van der Waals surface area contributed by atoms with Crippen molar-refractivity contribution in [3.63, 3.8) is 0 Å². The first-order chi connectivity index (χ1) is 9.93. The van der Waals surface area contributed by atoms with Gasteiger partial charge in [0, 0.05) is 5.56 Å². The van der Waals surface area contributed by atoms with E-state index in [1.54, 1.807) is 25.5 Å². The van der Waals surface area contributed by atoms with Crippen molar-refractivity contribution >= 4 is 0 Å². The summed E-state index contributed by atoms with van der Waals surface area (Å²) in [6.07, 6.45) is -0.195. The Morgan fingerprint density at radius 1 is 1.24 bits per heavy atom. The molecule has 1 aromatic carbocycles. The van der Waals surface area contributed by atoms with Gasteiger partial charge in [-0.25, -0.2) is 0 Å². The molecule has 0 aliphatic carbocycles. The minimum atomic E-state index is -4.31. The lowest BCUT2D eigenvalue weighted by atomic mass is 9.95. The topological polar surface area (TPSA) is 25.2 Å². The van der Waals surface area contributed by atoms with Crippen LogP contribution in [0.4, 0.5) is 13.2 Å². The molecule has 0 aliphatic heterocycles. The van der Waals surface area contributed by atoms with Gasteiger partial charge in [0.15, 0.2) is 0 Å². The predicted molar refractivity (Wildman–Crippen MR) is 75.0 cm³/mol. The van der Waals surface area contributed by atoms with Crippen LogP contribution in [0.3, 0.4) is 0 Å². The second-order valence-corrected chi connectivity index (χ2v) is 5.01. The number of furan rings is 1. The van der Waals surface area contributed by atoms with Crippen molar-refractivity contribution in [2.45, 2.75) is 32.5 Å². The van der Waals surface area contributed by atoms with Gasteiger partial charge in [-0.2, -0.15) is 13.2 Å². The van der Waals surface area contributed by atoms with E-state index in [-0.39, 0.29) is 6.04 Å². The third-order valence-corrected chi connectivity index (χ3v) is 3.38. The summed E-state index contributed by atoms with van der Waals surface area (Å²) in [4.78, 5) is 0. The zero-order chi connectivity index (χ0) is 15.5. The molecule has 5 heteroatoms. The van der Waals surface area contributed by atoms with Crippen LogP contribution in [0.5, 0.6) is 0 Å². The number of hydrogen-bond donors (Lipinski definition) is 1. The highest BCUT2D eigenvalue weighted by Crippen LogP contribution is 2.33. The van der Waals surface area contributed by atoms with Gasteiger partial charge in [0.1, 0.15) is 0 Å². The number of nitrogens with one attached hydrogen (secondary N) is 1. The molecule has 1 unspecified atom stereocenters. The van der Waals surface area contributed by atoms with Crippen molar-refractivity contribution in [2.75, 3.05) is 6.54 Å². The van der Waals surface area contributed by atoms with E-state index < -0.39 is 11.7 Å². The van der Waals surface area contributed by atoms with E-state index in [0.29, 0.717) is 5.56 Å². The van der Waals surface area contributed by atoms with Crippen molar-refractivity contribution < 1.29 is 17.6 Å². The van der Waals surface area contributed by atoms with Crippen LogP contribution >= 0.6 is 0 Å². The highest BCUT2D eigenvalue weighted by molar-refractivity contribution is 5.39. The van der Waals surface area contributed by atoms with Gasteiger partial charge in [0.05, 0.1) is 24.1 Å². The SMILES string of the molecule is CCCNC(c1ccoc1)c1ccc(C(F)(F)F)cc1C. The summed E-state index contributed by atoms with van der Waals surface area (Å²) in [5, 5.41) is 3.35. The molecule has 2 rings (SSSR count). The zero-order valence-corrected chi connectivity index (χ0v) is 12.0. The van der Waals surface area contributed by atoms with E-state index in [0.717, 1.165) is 30.2 Å². The fourth-order valence-electron chi connectivity index (χ4n) is 2.31. The highest BCUT2D eigenvalue weighted by atomic mass is 19.4. The monoisotopic (exact) mass is 297 g/mol. The van der Waals surface area contributed by atoms with Crippen LogP contribution in [-0.2, 0) is 6.18 Å². The molecule has 0 fully saturated rings. The molecule has 1 atom stereocenters. The normalized spacial score (nSPS) is 13.4. The maximum atomic E-state index is 12.7. The smallest absolute Gasteiger partial charge is 0.416 e. The minimum Gasteiger partial charge on any atom is -0.472 e. The number of rotatable bonds is 5. The molecular formula is C16H18F3NO. The molecule has 0 saturated carbocycles. The number of hydrogen-bond acceptors (Lipinski definition) is 2. The van der Waals surface area contributed by atoms with E-state index in [2.05, 4.69) is 5.32 Å². The number of alkyl halides is 3. The maximum Gasteiger partial charge on any atom is 0.416 e. The predicted octanol–water partition coefficient (Wildman–Crippen LogP) is 4.70. The largest absolute Gasteiger partial charge is 0.472 e. The summed E-state index contributed by atoms with van der Waals surface area (Å²) < 4.78 is 43.3. The van der Waals surface area contributed by atoms with Crippen LogP contribution < -0.4 is 5.32 Å². The summed E-state index contributed by atoms with van der Waals surface area (Å²) in [6.45, 7) is 4.51. The Balaban J connectivity index is 2.36. The Kier molecular flexibility index (Phi) is 4.73. The van der Waals surface area contributed by atoms with Crippen molar-refractivity contribution in [3.05, 3.63) is 59.0 Å². The average Bonchev–Trinajstić information content (AvgIpc) is 2.93. The first kappa shape index (κ1) is 15.6. The van der Waals surface area contributed by atoms with E-state index in [4.69, 9.17) is 4.42 Å². The van der Waals surface area contributed by atoms with Gasteiger partial charge < -0.3 is 9.73 Å². The molecule has 0 aliphatic rings. The summed E-state index contributed by atoms with van der Waals surface area (Å²) in [5.41, 5.74) is 1.73. The lowest BCUT2D eigenvalue weighted by molar-refractivity contribution is -0.137. The first-order valence-corrected chi connectivity index (χ1v) is 6.86. The lowest BCUT2D eigenvalue weighted by Gasteiger charge is -2.21. The van der Waals surface area contributed by atoms with Crippen LogP contribution in [0.2, 0.25) is 0 Å². The van der Waals surface area contributed by atoms with Gasteiger partial charge in [-0.05, 0) is 49.2 Å². The van der Waals surface area contributed by atoms with Crippen LogP contribution in [0.15, 0.2) is 41.2 Å². The van der Waals surface area contributed by atoms with Gasteiger partial charge >= 0.3 is 6.18 Å². The third kappa shape index (κ3) is 3.67. The van der Waals surface area contributed by atoms with E-state index in [1.807, 2.05) is 13.0 Å². The molecule has 0 radical (unpaired) electrons. The molecule has 0 spiro atoms. The van der Waals surface area contributed by atoms with Crippen molar-refractivity contribution in [1.29, 1.82) is 0 Å². The zero-order valence-electron chi connectivity index (χ0n) is 12.0. The molecule has 2 nitrogen and oxygen atoms in total. The molecule has 1 aromatic heterocycles. The summed E-state index contributed by atoms with van der Waals surface area (Å²) >= 11 is 0. The van der Waals surface area contributed by atoms with Crippen molar-refractivity contribution in [1.82, 2.24) is 5.32 Å². The van der Waals surface area contributed by atoms with Gasteiger partial charge in [-0.15, -0.1) is 0 Å². The fourth-order valence-corrected chi connectivity index (χ4v) is 2.31. The number of benzene rings is 1. The molecule has 114 valence electrons. The second kappa shape index (κ2) is 6.35. The van der Waals surface area contributed by atoms with Gasteiger partial charge in [0.2, 0.25) is 0 Å². The Morgan fingerprint density at radius 3 is 2.52 bits per heavy atom. The van der Waals surface area contributed by atoms with Gasteiger partial charge in [-0.3, -0.25) is 0 Å². The van der Waals surface area contributed by atoms with Crippen LogP contribution in [0.25, 0.3) is 0 Å². The molecule has 0 saturated heterocycles. The molecule has 0 bridgehead atoms. The molecular weight excluding hydrogens is 279 g/mol. The summed E-state index contributed by atoms with van der Waals surface area (Å²) in [7, 11) is 0. The number of aryl methyl sites for hydroxylation is 1. The highest BCUT2D eigenvalue weighted by Gasteiger charge is 2.31. The van der Waals surface area contributed by atoms with Gasteiger partial charge in [-0.1, -0.05) is 13.0 Å². The van der Waals surface area contributed by atoms with Crippen molar-refractivity contribution in [3.8, 4) is 0 Å². The Hall–Kier alpha value is -1.75. The summed E-state index contributed by atoms with van der Waals surface area (Å²) in [5.74, 6) is 0. The standard InChI is InChI=1S/C16H18F3NO/c1-3-7-20-15(12-6-8-21-10-12)14-5-4-13(9-11(14)2)16(17,18)19/h4-6,8-10,15,20H,3,7H2,1-2H3. The molecule has 21 heavy (non-hydrogen) atoms. The third-order valence-electron chi connectivity index (χ3n) is 3.38. The average molecular weight is 297 g/mol. The minimum absolute atomic E-state index is 0.161. The number of halogens is 3.